The van der Waals surface area contributed by atoms with Crippen LogP contribution in [0.5, 0.6) is 0 Å². The number of fused-ring (bicyclic) bond motifs is 1. The van der Waals surface area contributed by atoms with Gasteiger partial charge in [-0.2, -0.15) is 5.10 Å². The van der Waals surface area contributed by atoms with Crippen molar-refractivity contribution in [3.05, 3.63) is 88.7 Å². The molecule has 1 atom stereocenters. The van der Waals surface area contributed by atoms with E-state index in [-0.39, 0.29) is 12.1 Å². The van der Waals surface area contributed by atoms with E-state index in [1.54, 1.807) is 10.7 Å². The van der Waals surface area contributed by atoms with Crippen LogP contribution in [0.25, 0.3) is 0 Å². The number of aliphatic hydroxyl groups excluding tert-OH is 1. The van der Waals surface area contributed by atoms with Crippen LogP contribution in [-0.4, -0.2) is 32.2 Å². The molecule has 1 amide bonds. The molecule has 4 rings (SSSR count). The third-order valence-electron chi connectivity index (χ3n) is 4.88. The van der Waals surface area contributed by atoms with Crippen molar-refractivity contribution >= 4 is 5.91 Å². The molecule has 28 heavy (non-hydrogen) atoms. The molecule has 1 aliphatic rings. The van der Waals surface area contributed by atoms with Crippen molar-refractivity contribution in [2.75, 3.05) is 6.54 Å². The van der Waals surface area contributed by atoms with Crippen molar-refractivity contribution in [2.45, 2.75) is 25.6 Å². The quantitative estimate of drug-likeness (QED) is 0.753. The van der Waals surface area contributed by atoms with E-state index in [0.717, 1.165) is 29.5 Å². The number of hydrogen-bond donors (Lipinski definition) is 1. The molecule has 7 heteroatoms. The first-order chi connectivity index (χ1) is 13.5. The number of aromatic nitrogens is 2. The van der Waals surface area contributed by atoms with Crippen LogP contribution in [0.4, 0.5) is 8.78 Å². The summed E-state index contributed by atoms with van der Waals surface area (Å²) in [6.45, 7) is 0.980. The highest BCUT2D eigenvalue weighted by molar-refractivity contribution is 5.94. The summed E-state index contributed by atoms with van der Waals surface area (Å²) in [6.07, 6.45) is -0.320. The summed E-state index contributed by atoms with van der Waals surface area (Å²) in [7, 11) is 0. The third kappa shape index (κ3) is 3.66. The number of amides is 1. The van der Waals surface area contributed by atoms with Gasteiger partial charge in [0.15, 0.2) is 0 Å². The molecule has 0 bridgehead atoms. The predicted molar refractivity (Wildman–Crippen MR) is 98.4 cm³/mol. The highest BCUT2D eigenvalue weighted by Crippen LogP contribution is 2.23. The lowest BCUT2D eigenvalue weighted by Gasteiger charge is -2.27. The van der Waals surface area contributed by atoms with Gasteiger partial charge in [0, 0.05) is 13.0 Å². The van der Waals surface area contributed by atoms with Gasteiger partial charge in [-0.05, 0) is 29.8 Å². The van der Waals surface area contributed by atoms with Crippen LogP contribution in [0.1, 0.15) is 33.4 Å². The molecular weight excluding hydrogens is 364 g/mol. The lowest BCUT2D eigenvalue weighted by molar-refractivity contribution is 0.0700. The van der Waals surface area contributed by atoms with E-state index in [9.17, 15) is 18.7 Å². The minimum Gasteiger partial charge on any atom is -0.386 e. The van der Waals surface area contributed by atoms with Gasteiger partial charge in [0.2, 0.25) is 0 Å². The Balaban J connectivity index is 1.50. The van der Waals surface area contributed by atoms with E-state index in [2.05, 4.69) is 5.10 Å². The number of benzene rings is 2. The number of hydrogen-bond acceptors (Lipinski definition) is 3. The number of halogens is 2. The summed E-state index contributed by atoms with van der Waals surface area (Å²) in [6, 6.07) is 14.2. The summed E-state index contributed by atoms with van der Waals surface area (Å²) in [5.74, 6) is -1.96. The van der Waals surface area contributed by atoms with Gasteiger partial charge in [-0.3, -0.25) is 9.48 Å². The van der Waals surface area contributed by atoms with Crippen LogP contribution in [-0.2, 0) is 19.5 Å². The zero-order valence-corrected chi connectivity index (χ0v) is 15.1. The fraction of sp³-hybridized carbons (Fsp3) is 0.238. The first-order valence-corrected chi connectivity index (χ1v) is 9.04. The van der Waals surface area contributed by atoms with Crippen molar-refractivity contribution in [3.8, 4) is 0 Å². The van der Waals surface area contributed by atoms with Gasteiger partial charge in [0.05, 0.1) is 30.0 Å². The molecule has 5 nitrogen and oxygen atoms in total. The van der Waals surface area contributed by atoms with Gasteiger partial charge in [0.25, 0.3) is 5.91 Å². The Morgan fingerprint density at radius 3 is 2.68 bits per heavy atom. The van der Waals surface area contributed by atoms with Crippen LogP contribution in [0.3, 0.4) is 0 Å². The second-order valence-electron chi connectivity index (χ2n) is 6.84. The number of carbonyl (C=O) groups is 1. The van der Waals surface area contributed by atoms with Gasteiger partial charge < -0.3 is 10.0 Å². The molecule has 0 fully saturated rings. The largest absolute Gasteiger partial charge is 0.386 e. The standard InChI is InChI=1S/C21H19F2N3O2/c22-15-6-7-18(23)17(11-15)21(28)25-8-9-26-16(13-25)12-19(24-26)20(27)10-14-4-2-1-3-5-14/h1-7,11-12,20,27H,8-10,13H2/t20-/m0/s1. The smallest absolute Gasteiger partial charge is 0.257 e. The van der Waals surface area contributed by atoms with Crippen LogP contribution in [0.15, 0.2) is 54.6 Å². The zero-order valence-electron chi connectivity index (χ0n) is 15.1. The van der Waals surface area contributed by atoms with Gasteiger partial charge in [0.1, 0.15) is 17.7 Å². The van der Waals surface area contributed by atoms with E-state index in [4.69, 9.17) is 0 Å². The molecule has 3 aromatic rings. The Hall–Kier alpha value is -3.06. The lowest BCUT2D eigenvalue weighted by Crippen LogP contribution is -2.38. The van der Waals surface area contributed by atoms with Crippen molar-refractivity contribution in [1.29, 1.82) is 0 Å². The molecule has 1 N–H and O–H groups in total. The highest BCUT2D eigenvalue weighted by Gasteiger charge is 2.26. The molecule has 144 valence electrons. The van der Waals surface area contributed by atoms with Crippen LogP contribution < -0.4 is 0 Å². The van der Waals surface area contributed by atoms with Gasteiger partial charge in [-0.1, -0.05) is 30.3 Å². The lowest BCUT2D eigenvalue weighted by atomic mass is 10.1. The Bertz CT molecular complexity index is 1000. The molecule has 1 aromatic heterocycles. The maximum atomic E-state index is 13.9. The molecule has 0 unspecified atom stereocenters. The monoisotopic (exact) mass is 383 g/mol. The normalized spacial score (nSPS) is 14.6. The highest BCUT2D eigenvalue weighted by atomic mass is 19.1. The van der Waals surface area contributed by atoms with E-state index in [1.165, 1.54) is 4.90 Å². The van der Waals surface area contributed by atoms with Crippen LogP contribution in [0, 0.1) is 11.6 Å². The van der Waals surface area contributed by atoms with E-state index in [0.29, 0.717) is 25.2 Å². The fourth-order valence-corrected chi connectivity index (χ4v) is 3.40. The molecular formula is C21H19F2N3O2. The number of carbonyl (C=O) groups excluding carboxylic acids is 1. The summed E-state index contributed by atoms with van der Waals surface area (Å²) in [5.41, 5.74) is 2.00. The van der Waals surface area contributed by atoms with Gasteiger partial charge in [-0.25, -0.2) is 8.78 Å². The summed E-state index contributed by atoms with van der Waals surface area (Å²) >= 11 is 0. The van der Waals surface area contributed by atoms with Crippen molar-refractivity contribution in [3.63, 3.8) is 0 Å². The molecule has 0 radical (unpaired) electrons. The minimum atomic E-state index is -0.759. The van der Waals surface area contributed by atoms with Crippen LogP contribution in [0.2, 0.25) is 0 Å². The Labute approximate surface area is 160 Å². The Morgan fingerprint density at radius 2 is 1.89 bits per heavy atom. The molecule has 0 aliphatic carbocycles. The molecule has 2 aromatic carbocycles. The molecule has 2 heterocycles. The maximum absolute atomic E-state index is 13.9. The fourth-order valence-electron chi connectivity index (χ4n) is 3.40. The number of rotatable bonds is 4. The first-order valence-electron chi connectivity index (χ1n) is 9.04. The van der Waals surface area contributed by atoms with E-state index in [1.807, 2.05) is 30.3 Å². The third-order valence-corrected chi connectivity index (χ3v) is 4.88. The van der Waals surface area contributed by atoms with E-state index < -0.39 is 23.6 Å². The first kappa shape index (κ1) is 18.3. The Morgan fingerprint density at radius 1 is 1.11 bits per heavy atom. The molecule has 0 saturated carbocycles. The topological polar surface area (TPSA) is 58.4 Å². The average Bonchev–Trinajstić information content (AvgIpc) is 3.13. The number of aliphatic hydroxyl groups is 1. The van der Waals surface area contributed by atoms with Crippen molar-refractivity contribution < 1.29 is 18.7 Å². The predicted octanol–water partition coefficient (Wildman–Crippen LogP) is 3.09. The van der Waals surface area contributed by atoms with Gasteiger partial charge in [-0.15, -0.1) is 0 Å². The SMILES string of the molecule is O=C(c1cc(F)ccc1F)N1CCn2nc([C@@H](O)Cc3ccccc3)cc2C1. The van der Waals surface area contributed by atoms with Crippen molar-refractivity contribution in [2.24, 2.45) is 0 Å². The van der Waals surface area contributed by atoms with Crippen LogP contribution >= 0.6 is 0 Å². The summed E-state index contributed by atoms with van der Waals surface area (Å²) < 4.78 is 29.1. The number of nitrogens with zero attached hydrogens (tertiary/aromatic N) is 3. The molecule has 1 aliphatic heterocycles. The Kier molecular flexibility index (Phi) is 4.92. The average molecular weight is 383 g/mol. The molecule has 0 spiro atoms. The zero-order chi connectivity index (χ0) is 19.7. The second kappa shape index (κ2) is 7.52. The maximum Gasteiger partial charge on any atom is 0.257 e. The van der Waals surface area contributed by atoms with Crippen molar-refractivity contribution in [1.82, 2.24) is 14.7 Å². The molecule has 0 saturated heterocycles. The summed E-state index contributed by atoms with van der Waals surface area (Å²) in [5, 5.41) is 14.9. The van der Waals surface area contributed by atoms with E-state index >= 15 is 0 Å². The summed E-state index contributed by atoms with van der Waals surface area (Å²) in [4.78, 5) is 14.1. The second-order valence-corrected chi connectivity index (χ2v) is 6.84. The minimum absolute atomic E-state index is 0.222. The van der Waals surface area contributed by atoms with Gasteiger partial charge >= 0.3 is 0 Å².